The van der Waals surface area contributed by atoms with E-state index in [2.05, 4.69) is 15.4 Å². The van der Waals surface area contributed by atoms with Crippen molar-refractivity contribution in [3.63, 3.8) is 0 Å². The Bertz CT molecular complexity index is 889. The molecule has 0 radical (unpaired) electrons. The van der Waals surface area contributed by atoms with E-state index in [1.807, 2.05) is 31.5 Å². The fraction of sp³-hybridized carbons (Fsp3) is 0.353. The average molecular weight is 360 g/mol. The van der Waals surface area contributed by atoms with Crippen LogP contribution < -0.4 is 14.8 Å². The predicted octanol–water partition coefficient (Wildman–Crippen LogP) is 3.65. The van der Waals surface area contributed by atoms with E-state index in [0.717, 1.165) is 10.4 Å². The lowest BCUT2D eigenvalue weighted by atomic mass is 10.3. The summed E-state index contributed by atoms with van der Waals surface area (Å²) >= 11 is 1.34. The van der Waals surface area contributed by atoms with Gasteiger partial charge in [-0.25, -0.2) is 4.98 Å². The number of nitrogens with zero attached hydrogens (tertiary/aromatic N) is 3. The average Bonchev–Trinajstić information content (AvgIpc) is 3.17. The molecule has 1 aromatic carbocycles. The number of amides is 1. The summed E-state index contributed by atoms with van der Waals surface area (Å²) in [4.78, 5) is 17.0. The number of rotatable bonds is 5. The Hall–Kier alpha value is -2.61. The Morgan fingerprint density at radius 3 is 2.52 bits per heavy atom. The van der Waals surface area contributed by atoms with Crippen molar-refractivity contribution in [1.82, 2.24) is 14.8 Å². The topological polar surface area (TPSA) is 78.3 Å². The summed E-state index contributed by atoms with van der Waals surface area (Å²) in [5.74, 6) is 1.03. The normalized spacial score (nSPS) is 11.1. The second-order valence-corrected chi connectivity index (χ2v) is 6.83. The van der Waals surface area contributed by atoms with Gasteiger partial charge in [-0.3, -0.25) is 14.8 Å². The number of aryl methyl sites for hydroxylation is 1. The number of thiazole rings is 1. The van der Waals surface area contributed by atoms with Crippen molar-refractivity contribution in [3.8, 4) is 11.5 Å². The molecule has 25 heavy (non-hydrogen) atoms. The minimum Gasteiger partial charge on any atom is -0.495 e. The first-order valence-electron chi connectivity index (χ1n) is 7.83. The Labute approximate surface area is 149 Å². The summed E-state index contributed by atoms with van der Waals surface area (Å²) in [6.07, 6.45) is 0. The molecule has 0 atom stereocenters. The Morgan fingerprint density at radius 2 is 1.92 bits per heavy atom. The van der Waals surface area contributed by atoms with Crippen LogP contribution in [0.2, 0.25) is 0 Å². The maximum atomic E-state index is 12.5. The van der Waals surface area contributed by atoms with Crippen LogP contribution in [0.15, 0.2) is 18.2 Å². The molecule has 0 saturated heterocycles. The lowest BCUT2D eigenvalue weighted by Crippen LogP contribution is -2.13. The number of nitrogens with one attached hydrogen (secondary N) is 1. The van der Waals surface area contributed by atoms with Gasteiger partial charge in [0.25, 0.3) is 5.91 Å². The van der Waals surface area contributed by atoms with Gasteiger partial charge in [0.15, 0.2) is 10.8 Å². The minimum absolute atomic E-state index is 0.192. The molecular weight excluding hydrogens is 340 g/mol. The minimum atomic E-state index is -0.292. The molecule has 8 heteroatoms. The van der Waals surface area contributed by atoms with Crippen molar-refractivity contribution in [1.29, 1.82) is 0 Å². The van der Waals surface area contributed by atoms with Crippen molar-refractivity contribution in [2.24, 2.45) is 0 Å². The number of hydrogen-bond donors (Lipinski definition) is 1. The summed E-state index contributed by atoms with van der Waals surface area (Å²) < 4.78 is 13.3. The fourth-order valence-corrected chi connectivity index (χ4v) is 3.59. The largest absolute Gasteiger partial charge is 0.495 e. The molecule has 1 N–H and O–H groups in total. The summed E-state index contributed by atoms with van der Waals surface area (Å²) in [7, 11) is 3.18. The first-order chi connectivity index (χ1) is 11.9. The molecule has 132 valence electrons. The number of carbonyl (C=O) groups is 1. The third-order valence-electron chi connectivity index (χ3n) is 3.77. The van der Waals surface area contributed by atoms with Crippen LogP contribution in [-0.4, -0.2) is 34.9 Å². The van der Waals surface area contributed by atoms with E-state index in [1.54, 1.807) is 26.4 Å². The number of anilines is 1. The van der Waals surface area contributed by atoms with Gasteiger partial charge in [-0.15, -0.1) is 0 Å². The molecule has 0 aliphatic carbocycles. The van der Waals surface area contributed by atoms with Crippen LogP contribution >= 0.6 is 11.3 Å². The Kier molecular flexibility index (Phi) is 4.63. The zero-order chi connectivity index (χ0) is 18.1. The maximum Gasteiger partial charge on any atom is 0.277 e. The number of methoxy groups -OCH3 is 2. The molecule has 0 bridgehead atoms. The summed E-state index contributed by atoms with van der Waals surface area (Å²) in [6.45, 7) is 5.97. The van der Waals surface area contributed by atoms with Gasteiger partial charge >= 0.3 is 0 Å². The lowest BCUT2D eigenvalue weighted by Gasteiger charge is -2.06. The molecule has 3 aromatic rings. The van der Waals surface area contributed by atoms with Crippen LogP contribution in [-0.2, 0) is 0 Å². The molecule has 2 aromatic heterocycles. The van der Waals surface area contributed by atoms with Crippen molar-refractivity contribution in [3.05, 3.63) is 29.6 Å². The van der Waals surface area contributed by atoms with Crippen LogP contribution in [0.5, 0.6) is 11.5 Å². The first kappa shape index (κ1) is 17.2. The van der Waals surface area contributed by atoms with Crippen molar-refractivity contribution < 1.29 is 14.3 Å². The Morgan fingerprint density at radius 1 is 1.24 bits per heavy atom. The van der Waals surface area contributed by atoms with Gasteiger partial charge in [-0.2, -0.15) is 5.10 Å². The van der Waals surface area contributed by atoms with Gasteiger partial charge in [-0.1, -0.05) is 11.3 Å². The second-order valence-electron chi connectivity index (χ2n) is 5.83. The highest BCUT2D eigenvalue weighted by molar-refractivity contribution is 7.22. The highest BCUT2D eigenvalue weighted by atomic mass is 32.1. The number of ether oxygens (including phenoxy) is 2. The number of hydrogen-bond acceptors (Lipinski definition) is 6. The molecule has 0 spiro atoms. The van der Waals surface area contributed by atoms with Crippen LogP contribution in [0.3, 0.4) is 0 Å². The number of benzene rings is 1. The second kappa shape index (κ2) is 6.72. The highest BCUT2D eigenvalue weighted by Crippen LogP contribution is 2.38. The zero-order valence-corrected chi connectivity index (χ0v) is 15.6. The molecule has 0 aliphatic rings. The fourth-order valence-electron chi connectivity index (χ4n) is 2.62. The van der Waals surface area contributed by atoms with Crippen LogP contribution in [0.4, 0.5) is 5.13 Å². The summed E-state index contributed by atoms with van der Waals surface area (Å²) in [6, 6.07) is 5.57. The molecule has 0 fully saturated rings. The quantitative estimate of drug-likeness (QED) is 0.751. The molecule has 0 unspecified atom stereocenters. The van der Waals surface area contributed by atoms with Crippen molar-refractivity contribution >= 4 is 32.6 Å². The van der Waals surface area contributed by atoms with Gasteiger partial charge in [0.1, 0.15) is 21.7 Å². The van der Waals surface area contributed by atoms with Crippen molar-refractivity contribution in [2.75, 3.05) is 19.5 Å². The van der Waals surface area contributed by atoms with Gasteiger partial charge in [-0.05, 0) is 39.0 Å². The van der Waals surface area contributed by atoms with Gasteiger partial charge in [0.05, 0.1) is 14.2 Å². The summed E-state index contributed by atoms with van der Waals surface area (Å²) in [5, 5.41) is 7.64. The molecule has 7 nitrogen and oxygen atoms in total. The van der Waals surface area contributed by atoms with Gasteiger partial charge in [0, 0.05) is 11.7 Å². The van der Waals surface area contributed by atoms with E-state index in [1.165, 1.54) is 11.3 Å². The van der Waals surface area contributed by atoms with Gasteiger partial charge < -0.3 is 9.47 Å². The van der Waals surface area contributed by atoms with E-state index >= 15 is 0 Å². The van der Waals surface area contributed by atoms with Gasteiger partial charge in [0.2, 0.25) is 0 Å². The van der Waals surface area contributed by atoms with E-state index in [-0.39, 0.29) is 11.9 Å². The number of carbonyl (C=O) groups excluding carboxylic acids is 1. The maximum absolute atomic E-state index is 12.5. The standard InChI is InChI=1S/C17H20N4O3S/c1-9(2)21-10(3)8-11(20-21)16(22)19-17-18-14-12(23-4)6-7-13(24-5)15(14)25-17/h6-9H,1-5H3,(H,18,19,22). The third kappa shape index (κ3) is 3.17. The van der Waals surface area contributed by atoms with Crippen LogP contribution in [0, 0.1) is 6.92 Å². The number of aromatic nitrogens is 3. The Balaban J connectivity index is 1.92. The molecule has 2 heterocycles. The van der Waals surface area contributed by atoms with E-state index in [0.29, 0.717) is 27.8 Å². The zero-order valence-electron chi connectivity index (χ0n) is 14.8. The monoisotopic (exact) mass is 360 g/mol. The summed E-state index contributed by atoms with van der Waals surface area (Å²) in [5.41, 5.74) is 1.96. The lowest BCUT2D eigenvalue weighted by molar-refractivity contribution is 0.102. The number of fused-ring (bicyclic) bond motifs is 1. The van der Waals surface area contributed by atoms with Crippen LogP contribution in [0.25, 0.3) is 10.2 Å². The third-order valence-corrected chi connectivity index (χ3v) is 4.76. The predicted molar refractivity (Wildman–Crippen MR) is 98.0 cm³/mol. The molecule has 1 amide bonds. The van der Waals surface area contributed by atoms with Crippen molar-refractivity contribution in [2.45, 2.75) is 26.8 Å². The molecule has 0 saturated carbocycles. The SMILES string of the molecule is COc1ccc(OC)c2sc(NC(=O)c3cc(C)n(C(C)C)n3)nc12. The van der Waals surface area contributed by atoms with Crippen LogP contribution in [0.1, 0.15) is 36.1 Å². The first-order valence-corrected chi connectivity index (χ1v) is 8.65. The molecular formula is C17H20N4O3S. The molecule has 0 aliphatic heterocycles. The highest BCUT2D eigenvalue weighted by Gasteiger charge is 2.18. The van der Waals surface area contributed by atoms with E-state index in [9.17, 15) is 4.79 Å². The smallest absolute Gasteiger partial charge is 0.277 e. The molecule has 3 rings (SSSR count). The van der Waals surface area contributed by atoms with E-state index < -0.39 is 0 Å². The van der Waals surface area contributed by atoms with E-state index in [4.69, 9.17) is 9.47 Å².